The summed E-state index contributed by atoms with van der Waals surface area (Å²) in [6, 6.07) is 11.5. The lowest BCUT2D eigenvalue weighted by atomic mass is 9.92. The molecular formula is C19H13Cl2FN2O. The van der Waals surface area contributed by atoms with Gasteiger partial charge in [-0.2, -0.15) is 5.10 Å². The Balaban J connectivity index is 2.03. The summed E-state index contributed by atoms with van der Waals surface area (Å²) in [6.45, 7) is 0. The third kappa shape index (κ3) is 2.75. The van der Waals surface area contributed by atoms with Crippen molar-refractivity contribution in [3.8, 4) is 16.9 Å². The van der Waals surface area contributed by atoms with Gasteiger partial charge in [0.2, 0.25) is 0 Å². The number of nitrogens with zero attached hydrogens (tertiary/aromatic N) is 2. The number of rotatable bonds is 2. The standard InChI is InChI=1S/C19H13Cl2FN2O/c20-12-9-8-11(10-13(12)21)19-18-15(5-3-7-17(18)25)23-24(19)16-6-2-1-4-14(16)22/h1-2,4,6,8-10H,3,5,7H2. The van der Waals surface area contributed by atoms with Crippen LogP contribution in [-0.2, 0) is 6.42 Å². The van der Waals surface area contributed by atoms with Crippen LogP contribution in [0.25, 0.3) is 16.9 Å². The van der Waals surface area contributed by atoms with E-state index in [0.717, 1.165) is 6.42 Å². The predicted molar refractivity (Wildman–Crippen MR) is 96.2 cm³/mol. The van der Waals surface area contributed by atoms with E-state index in [0.29, 0.717) is 51.1 Å². The first kappa shape index (κ1) is 16.3. The van der Waals surface area contributed by atoms with E-state index in [1.807, 2.05) is 0 Å². The van der Waals surface area contributed by atoms with E-state index in [2.05, 4.69) is 5.10 Å². The van der Waals surface area contributed by atoms with Crippen molar-refractivity contribution in [2.24, 2.45) is 0 Å². The van der Waals surface area contributed by atoms with Gasteiger partial charge in [-0.05, 0) is 37.1 Å². The number of hydrogen-bond acceptors (Lipinski definition) is 2. The zero-order chi connectivity index (χ0) is 17.6. The molecule has 0 N–H and O–H groups in total. The Morgan fingerprint density at radius 3 is 2.60 bits per heavy atom. The third-order valence-electron chi connectivity index (χ3n) is 4.33. The average Bonchev–Trinajstić information content (AvgIpc) is 2.98. The number of halogens is 3. The number of carbonyl (C=O) groups excluding carboxylic acids is 1. The van der Waals surface area contributed by atoms with E-state index in [1.165, 1.54) is 10.7 Å². The molecule has 3 nitrogen and oxygen atoms in total. The van der Waals surface area contributed by atoms with Crippen LogP contribution in [0.5, 0.6) is 0 Å². The maximum atomic E-state index is 14.4. The maximum Gasteiger partial charge on any atom is 0.166 e. The Morgan fingerprint density at radius 2 is 1.84 bits per heavy atom. The molecule has 0 aliphatic heterocycles. The van der Waals surface area contributed by atoms with Gasteiger partial charge < -0.3 is 0 Å². The Hall–Kier alpha value is -2.17. The molecule has 1 aliphatic rings. The molecule has 0 saturated heterocycles. The maximum absolute atomic E-state index is 14.4. The lowest BCUT2D eigenvalue weighted by molar-refractivity contribution is 0.0973. The first-order valence-electron chi connectivity index (χ1n) is 7.91. The number of fused-ring (bicyclic) bond motifs is 1. The summed E-state index contributed by atoms with van der Waals surface area (Å²) >= 11 is 12.2. The number of aromatic nitrogens is 2. The van der Waals surface area contributed by atoms with Crippen LogP contribution in [-0.4, -0.2) is 15.6 Å². The molecule has 1 aliphatic carbocycles. The number of Topliss-reactive ketones (excluding diaryl/α,β-unsaturated/α-hetero) is 1. The molecule has 126 valence electrons. The summed E-state index contributed by atoms with van der Waals surface area (Å²) in [7, 11) is 0. The van der Waals surface area contributed by atoms with E-state index in [-0.39, 0.29) is 5.78 Å². The molecular weight excluding hydrogens is 362 g/mol. The Bertz CT molecular complexity index is 997. The van der Waals surface area contributed by atoms with Gasteiger partial charge in [0, 0.05) is 12.0 Å². The fourth-order valence-corrected chi connectivity index (χ4v) is 3.48. The monoisotopic (exact) mass is 374 g/mol. The minimum absolute atomic E-state index is 0.0184. The lowest BCUT2D eigenvalue weighted by Gasteiger charge is -2.12. The van der Waals surface area contributed by atoms with Crippen LogP contribution in [0.2, 0.25) is 10.0 Å². The topological polar surface area (TPSA) is 34.9 Å². The molecule has 0 spiro atoms. The van der Waals surface area contributed by atoms with Gasteiger partial charge in [0.25, 0.3) is 0 Å². The highest BCUT2D eigenvalue weighted by Crippen LogP contribution is 2.36. The number of aryl methyl sites for hydroxylation is 1. The fourth-order valence-electron chi connectivity index (χ4n) is 3.18. The van der Waals surface area contributed by atoms with Crippen LogP contribution < -0.4 is 0 Å². The second-order valence-electron chi connectivity index (χ2n) is 5.94. The molecule has 0 radical (unpaired) electrons. The molecule has 25 heavy (non-hydrogen) atoms. The van der Waals surface area contributed by atoms with Crippen LogP contribution in [0.1, 0.15) is 28.9 Å². The van der Waals surface area contributed by atoms with Crippen molar-refractivity contribution in [1.82, 2.24) is 9.78 Å². The molecule has 6 heteroatoms. The highest BCUT2D eigenvalue weighted by Gasteiger charge is 2.29. The summed E-state index contributed by atoms with van der Waals surface area (Å²) in [6.07, 6.45) is 1.90. The summed E-state index contributed by atoms with van der Waals surface area (Å²) < 4.78 is 15.9. The van der Waals surface area contributed by atoms with Crippen LogP contribution >= 0.6 is 23.2 Å². The smallest absolute Gasteiger partial charge is 0.166 e. The van der Waals surface area contributed by atoms with Gasteiger partial charge >= 0.3 is 0 Å². The molecule has 2 aromatic carbocycles. The van der Waals surface area contributed by atoms with E-state index >= 15 is 0 Å². The number of carbonyl (C=O) groups is 1. The van der Waals surface area contributed by atoms with Gasteiger partial charge in [-0.1, -0.05) is 41.4 Å². The highest BCUT2D eigenvalue weighted by molar-refractivity contribution is 6.42. The molecule has 4 rings (SSSR count). The van der Waals surface area contributed by atoms with Crippen molar-refractivity contribution in [1.29, 1.82) is 0 Å². The number of benzene rings is 2. The second kappa shape index (κ2) is 6.28. The van der Waals surface area contributed by atoms with Crippen LogP contribution in [0.4, 0.5) is 4.39 Å². The van der Waals surface area contributed by atoms with Gasteiger partial charge in [0.15, 0.2) is 5.78 Å². The van der Waals surface area contributed by atoms with Crippen molar-refractivity contribution in [3.63, 3.8) is 0 Å². The van der Waals surface area contributed by atoms with Crippen molar-refractivity contribution in [2.45, 2.75) is 19.3 Å². The molecule has 1 heterocycles. The summed E-state index contributed by atoms with van der Waals surface area (Å²) in [5, 5.41) is 5.33. The molecule has 0 bridgehead atoms. The van der Waals surface area contributed by atoms with E-state index < -0.39 is 5.82 Å². The fraction of sp³-hybridized carbons (Fsp3) is 0.158. The summed E-state index contributed by atoms with van der Waals surface area (Å²) in [4.78, 5) is 12.6. The predicted octanol–water partition coefficient (Wildman–Crippen LogP) is 5.50. The van der Waals surface area contributed by atoms with Gasteiger partial charge in [-0.15, -0.1) is 0 Å². The largest absolute Gasteiger partial charge is 0.294 e. The molecule has 0 unspecified atom stereocenters. The Kier molecular flexibility index (Phi) is 4.10. The third-order valence-corrected chi connectivity index (χ3v) is 5.07. The van der Waals surface area contributed by atoms with E-state index in [9.17, 15) is 9.18 Å². The van der Waals surface area contributed by atoms with Gasteiger partial charge in [0.05, 0.1) is 27.0 Å². The number of hydrogen-bond donors (Lipinski definition) is 0. The van der Waals surface area contributed by atoms with E-state index in [4.69, 9.17) is 23.2 Å². The summed E-state index contributed by atoms with van der Waals surface area (Å²) in [5.41, 5.74) is 2.78. The van der Waals surface area contributed by atoms with Crippen LogP contribution in [0.15, 0.2) is 42.5 Å². The van der Waals surface area contributed by atoms with Crippen molar-refractivity contribution < 1.29 is 9.18 Å². The minimum Gasteiger partial charge on any atom is -0.294 e. The Morgan fingerprint density at radius 1 is 1.04 bits per heavy atom. The molecule has 3 aromatic rings. The first-order valence-corrected chi connectivity index (χ1v) is 8.67. The molecule has 0 fully saturated rings. The number of para-hydroxylation sites is 1. The quantitative estimate of drug-likeness (QED) is 0.593. The van der Waals surface area contributed by atoms with Crippen molar-refractivity contribution in [2.75, 3.05) is 0 Å². The average molecular weight is 375 g/mol. The lowest BCUT2D eigenvalue weighted by Crippen LogP contribution is -2.10. The van der Waals surface area contributed by atoms with E-state index in [1.54, 1.807) is 36.4 Å². The van der Waals surface area contributed by atoms with Crippen LogP contribution in [0.3, 0.4) is 0 Å². The Labute approximate surface area is 154 Å². The first-order chi connectivity index (χ1) is 12.1. The highest BCUT2D eigenvalue weighted by atomic mass is 35.5. The SMILES string of the molecule is O=C1CCCc2nn(-c3ccccc3F)c(-c3ccc(Cl)c(Cl)c3)c21. The molecule has 0 atom stereocenters. The zero-order valence-electron chi connectivity index (χ0n) is 13.1. The van der Waals surface area contributed by atoms with Gasteiger partial charge in [-0.3, -0.25) is 4.79 Å². The van der Waals surface area contributed by atoms with Crippen molar-refractivity contribution in [3.05, 3.63) is 69.6 Å². The summed E-state index contributed by atoms with van der Waals surface area (Å²) in [5.74, 6) is -0.388. The minimum atomic E-state index is -0.406. The number of ketones is 1. The van der Waals surface area contributed by atoms with Gasteiger partial charge in [0.1, 0.15) is 11.5 Å². The van der Waals surface area contributed by atoms with Gasteiger partial charge in [-0.25, -0.2) is 9.07 Å². The second-order valence-corrected chi connectivity index (χ2v) is 6.75. The van der Waals surface area contributed by atoms with Crippen molar-refractivity contribution >= 4 is 29.0 Å². The van der Waals surface area contributed by atoms with Crippen LogP contribution in [0, 0.1) is 5.82 Å². The molecule has 0 saturated carbocycles. The molecule has 0 amide bonds. The zero-order valence-corrected chi connectivity index (χ0v) is 14.6. The molecule has 1 aromatic heterocycles. The normalized spacial score (nSPS) is 13.8.